The minimum atomic E-state index is 0.808. The zero-order valence-electron chi connectivity index (χ0n) is 9.37. The molecule has 0 unspecified atom stereocenters. The summed E-state index contributed by atoms with van der Waals surface area (Å²) < 4.78 is 0. The van der Waals surface area contributed by atoms with Crippen molar-refractivity contribution in [1.82, 2.24) is 4.98 Å². The minimum absolute atomic E-state index is 0.808. The zero-order valence-corrected chi connectivity index (χ0v) is 9.37. The fourth-order valence-corrected chi connectivity index (χ4v) is 2.09. The second-order valence-electron chi connectivity index (χ2n) is 4.27. The minimum Gasteiger partial charge on any atom is -0.396 e. The number of nitrogen functional groups attached to an aromatic ring is 1. The smallest absolute Gasteiger partial charge is 0.152 e. The third-order valence-corrected chi connectivity index (χ3v) is 2.95. The fraction of sp³-hybridized carbons (Fsp3) is 0.583. The third-order valence-electron chi connectivity index (χ3n) is 2.95. The van der Waals surface area contributed by atoms with Gasteiger partial charge in [0.25, 0.3) is 0 Å². The Morgan fingerprint density at radius 2 is 1.80 bits per heavy atom. The number of nitrogens with zero attached hydrogens (tertiary/aromatic N) is 2. The van der Waals surface area contributed by atoms with Gasteiger partial charge in [0.15, 0.2) is 5.82 Å². The lowest BCUT2D eigenvalue weighted by Gasteiger charge is -2.23. The number of hydrogen-bond acceptors (Lipinski definition) is 3. The maximum absolute atomic E-state index is 5.97. The zero-order chi connectivity index (χ0) is 10.7. The lowest BCUT2D eigenvalue weighted by atomic mass is 10.2. The topological polar surface area (TPSA) is 42.1 Å². The molecule has 82 valence electrons. The van der Waals surface area contributed by atoms with Gasteiger partial charge in [-0.05, 0) is 31.9 Å². The number of aromatic nitrogens is 1. The summed E-state index contributed by atoms with van der Waals surface area (Å²) in [5.41, 5.74) is 7.82. The SMILES string of the molecule is Cc1ccc(N)c(N2CCCCCC2)n1. The maximum Gasteiger partial charge on any atom is 0.152 e. The Bertz CT molecular complexity index is 328. The molecular weight excluding hydrogens is 186 g/mol. The molecule has 1 aliphatic heterocycles. The number of pyridine rings is 1. The monoisotopic (exact) mass is 205 g/mol. The van der Waals surface area contributed by atoms with E-state index in [1.807, 2.05) is 19.1 Å². The molecule has 1 fully saturated rings. The van der Waals surface area contributed by atoms with Crippen molar-refractivity contribution in [3.8, 4) is 0 Å². The highest BCUT2D eigenvalue weighted by atomic mass is 15.2. The van der Waals surface area contributed by atoms with Crippen molar-refractivity contribution >= 4 is 11.5 Å². The summed E-state index contributed by atoms with van der Waals surface area (Å²) in [6.07, 6.45) is 5.19. The highest BCUT2D eigenvalue weighted by molar-refractivity contribution is 5.62. The van der Waals surface area contributed by atoms with Crippen molar-refractivity contribution in [2.45, 2.75) is 32.6 Å². The Kier molecular flexibility index (Phi) is 3.09. The molecule has 1 aromatic heterocycles. The van der Waals surface area contributed by atoms with E-state index < -0.39 is 0 Å². The van der Waals surface area contributed by atoms with Crippen LogP contribution in [0.15, 0.2) is 12.1 Å². The van der Waals surface area contributed by atoms with Crippen LogP contribution in [0.4, 0.5) is 11.5 Å². The van der Waals surface area contributed by atoms with Gasteiger partial charge in [0.1, 0.15) is 0 Å². The second-order valence-corrected chi connectivity index (χ2v) is 4.27. The van der Waals surface area contributed by atoms with Crippen LogP contribution in [-0.4, -0.2) is 18.1 Å². The van der Waals surface area contributed by atoms with Gasteiger partial charge in [-0.3, -0.25) is 0 Å². The molecule has 0 amide bonds. The lowest BCUT2D eigenvalue weighted by Crippen LogP contribution is -2.26. The van der Waals surface area contributed by atoms with Gasteiger partial charge >= 0.3 is 0 Å². The number of rotatable bonds is 1. The van der Waals surface area contributed by atoms with Crippen molar-refractivity contribution in [3.63, 3.8) is 0 Å². The summed E-state index contributed by atoms with van der Waals surface area (Å²) in [4.78, 5) is 6.87. The van der Waals surface area contributed by atoms with Gasteiger partial charge in [-0.25, -0.2) is 4.98 Å². The van der Waals surface area contributed by atoms with Crippen LogP contribution in [0.25, 0.3) is 0 Å². The summed E-state index contributed by atoms with van der Waals surface area (Å²) in [5, 5.41) is 0. The molecule has 0 radical (unpaired) electrons. The largest absolute Gasteiger partial charge is 0.396 e. The number of aryl methyl sites for hydroxylation is 1. The first-order valence-corrected chi connectivity index (χ1v) is 5.75. The van der Waals surface area contributed by atoms with Crippen LogP contribution in [0.1, 0.15) is 31.4 Å². The van der Waals surface area contributed by atoms with Crippen LogP contribution >= 0.6 is 0 Å². The number of hydrogen-bond donors (Lipinski definition) is 1. The molecule has 1 aromatic rings. The predicted molar refractivity (Wildman–Crippen MR) is 64.1 cm³/mol. The van der Waals surface area contributed by atoms with E-state index in [0.717, 1.165) is 30.3 Å². The first kappa shape index (κ1) is 10.3. The number of anilines is 2. The highest BCUT2D eigenvalue weighted by Crippen LogP contribution is 2.23. The van der Waals surface area contributed by atoms with E-state index in [9.17, 15) is 0 Å². The molecule has 2 rings (SSSR count). The van der Waals surface area contributed by atoms with Gasteiger partial charge in [0, 0.05) is 18.8 Å². The van der Waals surface area contributed by atoms with E-state index in [1.54, 1.807) is 0 Å². The van der Waals surface area contributed by atoms with Crippen LogP contribution < -0.4 is 10.6 Å². The molecule has 15 heavy (non-hydrogen) atoms. The van der Waals surface area contributed by atoms with Crippen molar-refractivity contribution < 1.29 is 0 Å². The van der Waals surface area contributed by atoms with Gasteiger partial charge in [-0.15, -0.1) is 0 Å². The molecule has 0 atom stereocenters. The third kappa shape index (κ3) is 2.41. The van der Waals surface area contributed by atoms with Crippen molar-refractivity contribution in [3.05, 3.63) is 17.8 Å². The van der Waals surface area contributed by atoms with Gasteiger partial charge < -0.3 is 10.6 Å². The molecule has 0 aliphatic carbocycles. The average molecular weight is 205 g/mol. The van der Waals surface area contributed by atoms with Gasteiger partial charge in [-0.2, -0.15) is 0 Å². The van der Waals surface area contributed by atoms with Crippen LogP contribution in [0.2, 0.25) is 0 Å². The molecule has 0 saturated carbocycles. The molecule has 0 aromatic carbocycles. The Labute approximate surface area is 91.3 Å². The van der Waals surface area contributed by atoms with Crippen LogP contribution in [0.5, 0.6) is 0 Å². The number of nitrogens with two attached hydrogens (primary N) is 1. The Morgan fingerprint density at radius 1 is 1.13 bits per heavy atom. The second kappa shape index (κ2) is 4.51. The Hall–Kier alpha value is -1.25. The Morgan fingerprint density at radius 3 is 2.47 bits per heavy atom. The first-order valence-electron chi connectivity index (χ1n) is 5.75. The van der Waals surface area contributed by atoms with E-state index >= 15 is 0 Å². The van der Waals surface area contributed by atoms with Gasteiger partial charge in [0.2, 0.25) is 0 Å². The quantitative estimate of drug-likeness (QED) is 0.765. The van der Waals surface area contributed by atoms with E-state index in [-0.39, 0.29) is 0 Å². The molecule has 2 heterocycles. The summed E-state index contributed by atoms with van der Waals surface area (Å²) >= 11 is 0. The van der Waals surface area contributed by atoms with Crippen molar-refractivity contribution in [2.24, 2.45) is 0 Å². The molecule has 3 nitrogen and oxygen atoms in total. The van der Waals surface area contributed by atoms with E-state index in [2.05, 4.69) is 9.88 Å². The van der Waals surface area contributed by atoms with E-state index in [1.165, 1.54) is 25.7 Å². The summed E-state index contributed by atoms with van der Waals surface area (Å²) in [7, 11) is 0. The molecule has 3 heteroatoms. The standard InChI is InChI=1S/C12H19N3/c1-10-6-7-11(13)12(14-10)15-8-4-2-3-5-9-15/h6-7H,2-5,8-9,13H2,1H3. The average Bonchev–Trinajstić information content (AvgIpc) is 2.50. The highest BCUT2D eigenvalue weighted by Gasteiger charge is 2.13. The Balaban J connectivity index is 2.22. The summed E-state index contributed by atoms with van der Waals surface area (Å²) in [5.74, 6) is 0.983. The first-order chi connectivity index (χ1) is 7.27. The fourth-order valence-electron chi connectivity index (χ4n) is 2.09. The normalized spacial score (nSPS) is 17.5. The van der Waals surface area contributed by atoms with Crippen LogP contribution in [0, 0.1) is 6.92 Å². The molecule has 0 bridgehead atoms. The summed E-state index contributed by atoms with van der Waals surface area (Å²) in [6.45, 7) is 4.21. The molecule has 2 N–H and O–H groups in total. The van der Waals surface area contributed by atoms with Crippen LogP contribution in [0.3, 0.4) is 0 Å². The molecule has 1 aliphatic rings. The summed E-state index contributed by atoms with van der Waals surface area (Å²) in [6, 6.07) is 3.93. The van der Waals surface area contributed by atoms with Gasteiger partial charge in [0.05, 0.1) is 5.69 Å². The lowest BCUT2D eigenvalue weighted by molar-refractivity contribution is 0.726. The van der Waals surface area contributed by atoms with Gasteiger partial charge in [-0.1, -0.05) is 12.8 Å². The van der Waals surface area contributed by atoms with Crippen LogP contribution in [-0.2, 0) is 0 Å². The van der Waals surface area contributed by atoms with Crippen molar-refractivity contribution in [2.75, 3.05) is 23.7 Å². The molecule has 0 spiro atoms. The molecular formula is C12H19N3. The van der Waals surface area contributed by atoms with E-state index in [0.29, 0.717) is 0 Å². The van der Waals surface area contributed by atoms with Crippen molar-refractivity contribution in [1.29, 1.82) is 0 Å². The predicted octanol–water partition coefficient (Wildman–Crippen LogP) is 2.35. The maximum atomic E-state index is 5.97. The van der Waals surface area contributed by atoms with E-state index in [4.69, 9.17) is 5.73 Å². The molecule has 1 saturated heterocycles.